The number of rotatable bonds is 15. The van der Waals surface area contributed by atoms with Crippen LogP contribution in [0.4, 0.5) is 0 Å². The molecule has 0 fully saturated rings. The van der Waals surface area contributed by atoms with E-state index in [1.54, 1.807) is 31.9 Å². The second-order valence-electron chi connectivity index (χ2n) is 9.63. The van der Waals surface area contributed by atoms with Crippen LogP contribution in [-0.2, 0) is 19.1 Å². The van der Waals surface area contributed by atoms with Gasteiger partial charge in [-0.2, -0.15) is 0 Å². The Kier molecular flexibility index (Phi) is 14.2. The number of hydrogen-bond donors (Lipinski definition) is 2. The fourth-order valence-corrected chi connectivity index (χ4v) is 3.97. The third-order valence-corrected chi connectivity index (χ3v) is 6.16. The third kappa shape index (κ3) is 9.48. The summed E-state index contributed by atoms with van der Waals surface area (Å²) in [7, 11) is 1.74. The summed E-state index contributed by atoms with van der Waals surface area (Å²) in [5.74, 6) is -0.361. The lowest BCUT2D eigenvalue weighted by Crippen LogP contribution is -2.61. The highest BCUT2D eigenvalue weighted by Crippen LogP contribution is 2.20. The van der Waals surface area contributed by atoms with Crippen molar-refractivity contribution in [3.8, 4) is 0 Å². The standard InChI is InChI=1S/C26H49N3O4/c1-11-15-27-26(12-2,13-3)25(32)28-21(16-18(5)6)23(30)29(10)22(19(7)8)17-20(9)24(31)33-14-4/h17-19,21-22,27H,11-16H2,1-10H3,(H,28,32)/b20-17+/t21-,22+/m0/s1. The molecule has 0 aromatic rings. The summed E-state index contributed by atoms with van der Waals surface area (Å²) < 4.78 is 5.10. The first kappa shape index (κ1) is 31.1. The molecule has 0 aromatic carbocycles. The van der Waals surface area contributed by atoms with Crippen LogP contribution in [0.5, 0.6) is 0 Å². The first-order chi connectivity index (χ1) is 15.4. The average molecular weight is 468 g/mol. The molecular formula is C26H49N3O4. The molecule has 2 atom stereocenters. The van der Waals surface area contributed by atoms with Crippen LogP contribution in [0.15, 0.2) is 11.6 Å². The van der Waals surface area contributed by atoms with Crippen molar-refractivity contribution >= 4 is 17.8 Å². The molecule has 2 amide bonds. The van der Waals surface area contributed by atoms with Gasteiger partial charge in [0.2, 0.25) is 11.8 Å². The zero-order valence-corrected chi connectivity index (χ0v) is 22.7. The smallest absolute Gasteiger partial charge is 0.333 e. The van der Waals surface area contributed by atoms with Gasteiger partial charge in [-0.25, -0.2) is 4.79 Å². The van der Waals surface area contributed by atoms with Gasteiger partial charge in [-0.1, -0.05) is 54.5 Å². The second-order valence-corrected chi connectivity index (χ2v) is 9.63. The van der Waals surface area contributed by atoms with Crippen LogP contribution in [0.1, 0.15) is 88.0 Å². The molecule has 192 valence electrons. The van der Waals surface area contributed by atoms with Crippen molar-refractivity contribution < 1.29 is 19.1 Å². The summed E-state index contributed by atoms with van der Waals surface area (Å²) in [6.45, 7) is 18.7. The van der Waals surface area contributed by atoms with Gasteiger partial charge < -0.3 is 20.3 Å². The normalized spacial score (nSPS) is 14.2. The number of carbonyl (C=O) groups is 3. The van der Waals surface area contributed by atoms with Crippen molar-refractivity contribution in [3.63, 3.8) is 0 Å². The maximum absolute atomic E-state index is 13.6. The summed E-state index contributed by atoms with van der Waals surface area (Å²) in [6, 6.07) is -0.935. The molecule has 0 aliphatic rings. The lowest BCUT2D eigenvalue weighted by Gasteiger charge is -2.36. The third-order valence-electron chi connectivity index (χ3n) is 6.16. The topological polar surface area (TPSA) is 87.7 Å². The molecular weight excluding hydrogens is 418 g/mol. The van der Waals surface area contributed by atoms with Crippen molar-refractivity contribution in [1.29, 1.82) is 0 Å². The number of nitrogens with one attached hydrogen (secondary N) is 2. The van der Waals surface area contributed by atoms with Crippen LogP contribution >= 0.6 is 0 Å². The predicted molar refractivity (Wildman–Crippen MR) is 135 cm³/mol. The molecule has 2 N–H and O–H groups in total. The largest absolute Gasteiger partial charge is 0.463 e. The van der Waals surface area contributed by atoms with E-state index in [0.717, 1.165) is 13.0 Å². The molecule has 0 bridgehead atoms. The fraction of sp³-hybridized carbons (Fsp3) is 0.808. The molecule has 0 spiro atoms. The van der Waals surface area contributed by atoms with E-state index in [1.165, 1.54) is 0 Å². The molecule has 0 radical (unpaired) electrons. The molecule has 0 unspecified atom stereocenters. The van der Waals surface area contributed by atoms with Crippen molar-refractivity contribution in [3.05, 3.63) is 11.6 Å². The Hall–Kier alpha value is -1.89. The van der Waals surface area contributed by atoms with E-state index < -0.39 is 11.6 Å². The van der Waals surface area contributed by atoms with Crippen LogP contribution < -0.4 is 10.6 Å². The Morgan fingerprint density at radius 3 is 2.03 bits per heavy atom. The van der Waals surface area contributed by atoms with E-state index in [9.17, 15) is 14.4 Å². The van der Waals surface area contributed by atoms with Gasteiger partial charge in [0.1, 0.15) is 6.04 Å². The molecule has 0 saturated carbocycles. The van der Waals surface area contributed by atoms with E-state index in [-0.39, 0.29) is 35.7 Å². The van der Waals surface area contributed by atoms with Crippen molar-refractivity contribution in [2.45, 2.75) is 106 Å². The van der Waals surface area contributed by atoms with Crippen molar-refractivity contribution in [2.75, 3.05) is 20.2 Å². The van der Waals surface area contributed by atoms with Crippen molar-refractivity contribution in [1.82, 2.24) is 15.5 Å². The second kappa shape index (κ2) is 15.1. The number of ether oxygens (including phenoxy) is 1. The van der Waals surface area contributed by atoms with E-state index in [0.29, 0.717) is 31.4 Å². The summed E-state index contributed by atoms with van der Waals surface area (Å²) in [5, 5.41) is 6.47. The van der Waals surface area contributed by atoms with E-state index >= 15 is 0 Å². The number of hydrogen-bond acceptors (Lipinski definition) is 5. The lowest BCUT2D eigenvalue weighted by molar-refractivity contribution is -0.140. The molecule has 0 rings (SSSR count). The van der Waals surface area contributed by atoms with Gasteiger partial charge in [-0.3, -0.25) is 9.59 Å². The maximum atomic E-state index is 13.6. The van der Waals surface area contributed by atoms with Gasteiger partial charge in [-0.15, -0.1) is 0 Å². The van der Waals surface area contributed by atoms with Crippen LogP contribution in [-0.4, -0.2) is 60.5 Å². The van der Waals surface area contributed by atoms with Gasteiger partial charge in [0, 0.05) is 12.6 Å². The predicted octanol–water partition coefficient (Wildman–Crippen LogP) is 4.07. The number of esters is 1. The number of amides is 2. The summed E-state index contributed by atoms with van der Waals surface area (Å²) in [6.07, 6.45) is 4.54. The molecule has 7 heteroatoms. The molecule has 0 aliphatic heterocycles. The zero-order valence-electron chi connectivity index (χ0n) is 22.7. The van der Waals surface area contributed by atoms with Gasteiger partial charge in [0.15, 0.2) is 0 Å². The molecule has 0 heterocycles. The Morgan fingerprint density at radius 1 is 1.03 bits per heavy atom. The minimum atomic E-state index is -0.693. The SMILES string of the molecule is CCCNC(CC)(CC)C(=O)N[C@@H](CC(C)C)C(=O)N(C)[C@H](/C=C(\C)C(=O)OCC)C(C)C. The number of nitrogens with zero attached hydrogens (tertiary/aromatic N) is 1. The van der Waals surface area contributed by atoms with E-state index in [4.69, 9.17) is 4.74 Å². The summed E-state index contributed by atoms with van der Waals surface area (Å²) >= 11 is 0. The lowest BCUT2D eigenvalue weighted by atomic mass is 9.90. The van der Waals surface area contributed by atoms with E-state index in [2.05, 4.69) is 17.6 Å². The minimum absolute atomic E-state index is 0.0790. The Morgan fingerprint density at radius 2 is 1.61 bits per heavy atom. The van der Waals surface area contributed by atoms with Gasteiger partial charge in [0.25, 0.3) is 0 Å². The van der Waals surface area contributed by atoms with Crippen LogP contribution in [0.3, 0.4) is 0 Å². The minimum Gasteiger partial charge on any atom is -0.463 e. The monoisotopic (exact) mass is 467 g/mol. The highest BCUT2D eigenvalue weighted by Gasteiger charge is 2.38. The quantitative estimate of drug-likeness (QED) is 0.280. The average Bonchev–Trinajstić information content (AvgIpc) is 2.76. The van der Waals surface area contributed by atoms with Crippen molar-refractivity contribution in [2.24, 2.45) is 11.8 Å². The van der Waals surface area contributed by atoms with E-state index in [1.807, 2.05) is 41.5 Å². The fourth-order valence-electron chi connectivity index (χ4n) is 3.97. The Labute approximate surface area is 202 Å². The van der Waals surface area contributed by atoms with Crippen LogP contribution in [0.2, 0.25) is 0 Å². The first-order valence-electron chi connectivity index (χ1n) is 12.6. The molecule has 0 saturated heterocycles. The summed E-state index contributed by atoms with van der Waals surface area (Å²) in [4.78, 5) is 40.8. The molecule has 0 aliphatic carbocycles. The van der Waals surface area contributed by atoms with Crippen LogP contribution in [0, 0.1) is 11.8 Å². The van der Waals surface area contributed by atoms with Gasteiger partial charge in [0.05, 0.1) is 18.2 Å². The highest BCUT2D eigenvalue weighted by molar-refractivity contribution is 5.92. The number of carbonyl (C=O) groups excluding carboxylic acids is 3. The van der Waals surface area contributed by atoms with Gasteiger partial charge in [-0.05, 0) is 57.9 Å². The molecule has 0 aromatic heterocycles. The zero-order chi connectivity index (χ0) is 25.8. The molecule has 7 nitrogen and oxygen atoms in total. The molecule has 33 heavy (non-hydrogen) atoms. The van der Waals surface area contributed by atoms with Gasteiger partial charge >= 0.3 is 5.97 Å². The number of likely N-dealkylation sites (N-methyl/N-ethyl adjacent to an activating group) is 1. The summed E-state index contributed by atoms with van der Waals surface area (Å²) in [5.41, 5.74) is -0.221. The van der Waals surface area contributed by atoms with Crippen LogP contribution in [0.25, 0.3) is 0 Å². The maximum Gasteiger partial charge on any atom is 0.333 e. The first-order valence-corrected chi connectivity index (χ1v) is 12.6. The highest BCUT2D eigenvalue weighted by atomic mass is 16.5. The Balaban J connectivity index is 5.89. The Bertz CT molecular complexity index is 654.